The van der Waals surface area contributed by atoms with E-state index in [2.05, 4.69) is 15.9 Å². The Morgan fingerprint density at radius 3 is 2.93 bits per heavy atom. The molecule has 1 atom stereocenters. The average Bonchev–Trinajstić information content (AvgIpc) is 2.75. The molecule has 0 aliphatic rings. The smallest absolute Gasteiger partial charge is 0.105 e. The summed E-state index contributed by atoms with van der Waals surface area (Å²) in [5, 5.41) is 2.03. The van der Waals surface area contributed by atoms with Crippen molar-refractivity contribution in [3.63, 3.8) is 0 Å². The molecule has 0 bridgehead atoms. The van der Waals surface area contributed by atoms with Crippen molar-refractivity contribution in [1.29, 1.82) is 0 Å². The van der Waals surface area contributed by atoms with Crippen LogP contribution in [0.5, 0.6) is 0 Å². The fourth-order valence-corrected chi connectivity index (χ4v) is 2.98. The molecule has 0 aliphatic heterocycles. The van der Waals surface area contributed by atoms with Crippen LogP contribution in [0.4, 0.5) is 0 Å². The lowest BCUT2D eigenvalue weighted by molar-refractivity contribution is 0.490. The van der Waals surface area contributed by atoms with E-state index in [1.165, 1.54) is 4.88 Å². The first kappa shape index (κ1) is 9.96. The largest absolute Gasteiger partial charge is 0.469 e. The van der Waals surface area contributed by atoms with Crippen LogP contribution >= 0.6 is 27.3 Å². The second-order valence-electron chi connectivity index (χ2n) is 3.02. The van der Waals surface area contributed by atoms with Gasteiger partial charge in [-0.3, -0.25) is 0 Å². The Labute approximate surface area is 94.9 Å². The van der Waals surface area contributed by atoms with Gasteiger partial charge in [0.25, 0.3) is 0 Å². The van der Waals surface area contributed by atoms with Crippen molar-refractivity contribution in [1.82, 2.24) is 0 Å². The van der Waals surface area contributed by atoms with Gasteiger partial charge >= 0.3 is 0 Å². The van der Waals surface area contributed by atoms with Crippen molar-refractivity contribution in [3.05, 3.63) is 45.0 Å². The summed E-state index contributed by atoms with van der Waals surface area (Å²) < 4.78 is 6.34. The van der Waals surface area contributed by atoms with Gasteiger partial charge in [0.1, 0.15) is 5.76 Å². The third-order valence-electron chi connectivity index (χ3n) is 1.98. The van der Waals surface area contributed by atoms with E-state index in [1.807, 2.05) is 23.6 Å². The second-order valence-corrected chi connectivity index (χ2v) is 4.82. The minimum atomic E-state index is 0.00975. The zero-order valence-corrected chi connectivity index (χ0v) is 9.85. The number of hydrogen-bond acceptors (Lipinski definition) is 3. The number of nitrogens with two attached hydrogens (primary N) is 1. The van der Waals surface area contributed by atoms with Gasteiger partial charge in [0.05, 0.1) is 6.26 Å². The van der Waals surface area contributed by atoms with Crippen LogP contribution in [0.1, 0.15) is 16.7 Å². The molecular weight excluding hydrogens is 262 g/mol. The Morgan fingerprint density at radius 1 is 1.50 bits per heavy atom. The standard InChI is InChI=1S/C10H10BrNOS/c11-8-3-5-14-10(8)9(12)6-7-2-1-4-13-7/h1-5,9H,6,12H2. The fourth-order valence-electron chi connectivity index (χ4n) is 1.31. The molecule has 2 rings (SSSR count). The molecule has 4 heteroatoms. The van der Waals surface area contributed by atoms with E-state index in [1.54, 1.807) is 17.6 Å². The number of furan rings is 1. The molecule has 2 aromatic heterocycles. The molecule has 0 radical (unpaired) electrons. The van der Waals surface area contributed by atoms with Crippen molar-refractivity contribution in [2.75, 3.05) is 0 Å². The predicted molar refractivity (Wildman–Crippen MR) is 61.4 cm³/mol. The molecule has 2 nitrogen and oxygen atoms in total. The van der Waals surface area contributed by atoms with E-state index in [4.69, 9.17) is 10.2 Å². The van der Waals surface area contributed by atoms with Gasteiger partial charge < -0.3 is 10.2 Å². The molecule has 0 spiro atoms. The lowest BCUT2D eigenvalue weighted by atomic mass is 10.1. The van der Waals surface area contributed by atoms with Gasteiger partial charge in [-0.25, -0.2) is 0 Å². The summed E-state index contributed by atoms with van der Waals surface area (Å²) in [4.78, 5) is 1.17. The quantitative estimate of drug-likeness (QED) is 0.930. The summed E-state index contributed by atoms with van der Waals surface area (Å²) in [5.41, 5.74) is 6.05. The summed E-state index contributed by atoms with van der Waals surface area (Å²) >= 11 is 5.14. The van der Waals surface area contributed by atoms with E-state index in [0.717, 1.165) is 16.7 Å². The van der Waals surface area contributed by atoms with Crippen LogP contribution in [0, 0.1) is 0 Å². The monoisotopic (exact) mass is 271 g/mol. The molecule has 0 aromatic carbocycles. The van der Waals surface area contributed by atoms with Crippen LogP contribution in [0.2, 0.25) is 0 Å². The van der Waals surface area contributed by atoms with Crippen molar-refractivity contribution in [2.24, 2.45) is 5.73 Å². The molecular formula is C10H10BrNOS. The molecule has 0 saturated carbocycles. The molecule has 2 N–H and O–H groups in total. The first-order valence-corrected chi connectivity index (χ1v) is 5.95. The van der Waals surface area contributed by atoms with E-state index in [-0.39, 0.29) is 6.04 Å². The van der Waals surface area contributed by atoms with Crippen LogP contribution in [0.25, 0.3) is 0 Å². The zero-order valence-electron chi connectivity index (χ0n) is 7.44. The predicted octanol–water partition coefficient (Wildman–Crippen LogP) is 3.35. The number of rotatable bonds is 3. The van der Waals surface area contributed by atoms with Crippen LogP contribution in [0.3, 0.4) is 0 Å². The van der Waals surface area contributed by atoms with Crippen LogP contribution in [-0.2, 0) is 6.42 Å². The molecule has 0 amide bonds. The Bertz CT molecular complexity index is 396. The van der Waals surface area contributed by atoms with Gasteiger partial charge in [0.15, 0.2) is 0 Å². The summed E-state index contributed by atoms with van der Waals surface area (Å²) in [6.45, 7) is 0. The van der Waals surface area contributed by atoms with E-state index < -0.39 is 0 Å². The van der Waals surface area contributed by atoms with Crippen molar-refractivity contribution >= 4 is 27.3 Å². The first-order valence-electron chi connectivity index (χ1n) is 4.28. The lowest BCUT2D eigenvalue weighted by Gasteiger charge is -2.07. The average molecular weight is 272 g/mol. The molecule has 0 saturated heterocycles. The Kier molecular flexibility index (Phi) is 3.05. The van der Waals surface area contributed by atoms with Crippen molar-refractivity contribution in [3.8, 4) is 0 Å². The number of hydrogen-bond donors (Lipinski definition) is 1. The Morgan fingerprint density at radius 2 is 2.36 bits per heavy atom. The molecule has 0 aliphatic carbocycles. The maximum atomic E-state index is 6.05. The van der Waals surface area contributed by atoms with Crippen molar-refractivity contribution in [2.45, 2.75) is 12.5 Å². The Balaban J connectivity index is 2.10. The normalized spacial score (nSPS) is 13.0. The highest BCUT2D eigenvalue weighted by Gasteiger charge is 2.12. The minimum absolute atomic E-state index is 0.00975. The molecule has 14 heavy (non-hydrogen) atoms. The molecule has 74 valence electrons. The number of halogens is 1. The summed E-state index contributed by atoms with van der Waals surface area (Å²) in [6, 6.07) is 5.85. The third-order valence-corrected chi connectivity index (χ3v) is 3.99. The lowest BCUT2D eigenvalue weighted by Crippen LogP contribution is -2.11. The van der Waals surface area contributed by atoms with Crippen LogP contribution in [0.15, 0.2) is 38.7 Å². The van der Waals surface area contributed by atoms with Gasteiger partial charge in [-0.1, -0.05) is 0 Å². The van der Waals surface area contributed by atoms with Gasteiger partial charge in [0, 0.05) is 21.8 Å². The molecule has 2 aromatic rings. The topological polar surface area (TPSA) is 39.2 Å². The van der Waals surface area contributed by atoms with E-state index in [9.17, 15) is 0 Å². The SMILES string of the molecule is NC(Cc1ccco1)c1sccc1Br. The van der Waals surface area contributed by atoms with Gasteiger partial charge in [-0.15, -0.1) is 11.3 Å². The highest BCUT2D eigenvalue weighted by Crippen LogP contribution is 2.29. The van der Waals surface area contributed by atoms with Gasteiger partial charge in [0.2, 0.25) is 0 Å². The van der Waals surface area contributed by atoms with Crippen LogP contribution < -0.4 is 5.73 Å². The van der Waals surface area contributed by atoms with Crippen molar-refractivity contribution < 1.29 is 4.42 Å². The second kappa shape index (κ2) is 4.29. The summed E-state index contributed by atoms with van der Waals surface area (Å²) in [6.07, 6.45) is 2.41. The third kappa shape index (κ3) is 2.08. The molecule has 1 unspecified atom stereocenters. The highest BCUT2D eigenvalue weighted by molar-refractivity contribution is 9.10. The maximum absolute atomic E-state index is 6.05. The zero-order chi connectivity index (χ0) is 9.97. The minimum Gasteiger partial charge on any atom is -0.469 e. The highest BCUT2D eigenvalue weighted by atomic mass is 79.9. The van der Waals surface area contributed by atoms with E-state index in [0.29, 0.717) is 0 Å². The number of thiophene rings is 1. The van der Waals surface area contributed by atoms with E-state index >= 15 is 0 Å². The molecule has 0 fully saturated rings. The van der Waals surface area contributed by atoms with Gasteiger partial charge in [-0.05, 0) is 39.5 Å². The summed E-state index contributed by atoms with van der Waals surface area (Å²) in [7, 11) is 0. The maximum Gasteiger partial charge on any atom is 0.105 e. The fraction of sp³-hybridized carbons (Fsp3) is 0.200. The van der Waals surface area contributed by atoms with Crippen LogP contribution in [-0.4, -0.2) is 0 Å². The Hall–Kier alpha value is -0.580. The first-order chi connectivity index (χ1) is 6.77. The molecule has 2 heterocycles. The van der Waals surface area contributed by atoms with Gasteiger partial charge in [-0.2, -0.15) is 0 Å². The summed E-state index contributed by atoms with van der Waals surface area (Å²) in [5.74, 6) is 0.929.